The number of hydrogen-bond donors (Lipinski definition) is 1. The van der Waals surface area contributed by atoms with Crippen LogP contribution in [0.15, 0.2) is 72.8 Å². The number of carbonyl (C=O) groups is 2. The Labute approximate surface area is 215 Å². The van der Waals surface area contributed by atoms with Crippen molar-refractivity contribution in [3.05, 3.63) is 105 Å². The van der Waals surface area contributed by atoms with Crippen LogP contribution in [0.4, 0.5) is 0 Å². The van der Waals surface area contributed by atoms with Crippen molar-refractivity contribution in [1.82, 2.24) is 10.2 Å². The van der Waals surface area contributed by atoms with Crippen LogP contribution in [-0.4, -0.2) is 29.3 Å². The molecule has 1 unspecified atom stereocenters. The fraction of sp³-hybridized carbons (Fsp3) is 0.259. The number of halogens is 3. The van der Waals surface area contributed by atoms with Crippen LogP contribution in [0.3, 0.4) is 0 Å². The summed E-state index contributed by atoms with van der Waals surface area (Å²) in [5.41, 5.74) is 2.45. The third-order valence-electron chi connectivity index (χ3n) is 5.46. The van der Waals surface area contributed by atoms with E-state index < -0.39 is 6.04 Å². The van der Waals surface area contributed by atoms with E-state index in [1.165, 1.54) is 0 Å². The minimum atomic E-state index is -0.708. The lowest BCUT2D eigenvalue weighted by atomic mass is 10.0. The quantitative estimate of drug-likeness (QED) is 0.340. The smallest absolute Gasteiger partial charge is 0.243 e. The van der Waals surface area contributed by atoms with E-state index in [0.717, 1.165) is 23.1 Å². The lowest BCUT2D eigenvalue weighted by molar-refractivity contribution is -0.140. The molecule has 0 saturated carbocycles. The number of nitrogens with one attached hydrogen (secondary N) is 1. The monoisotopic (exact) mass is 516 g/mol. The van der Waals surface area contributed by atoms with Crippen molar-refractivity contribution in [3.63, 3.8) is 0 Å². The fourth-order valence-corrected chi connectivity index (χ4v) is 4.17. The summed E-state index contributed by atoms with van der Waals surface area (Å²) in [6.45, 7) is 2.73. The van der Waals surface area contributed by atoms with Gasteiger partial charge in [0, 0.05) is 24.5 Å². The zero-order chi connectivity index (χ0) is 24.5. The van der Waals surface area contributed by atoms with Gasteiger partial charge in [-0.15, -0.1) is 0 Å². The van der Waals surface area contributed by atoms with Gasteiger partial charge >= 0.3 is 0 Å². The van der Waals surface area contributed by atoms with Gasteiger partial charge in [-0.05, 0) is 41.3 Å². The molecule has 4 nitrogen and oxygen atoms in total. The first kappa shape index (κ1) is 26.1. The molecule has 34 heavy (non-hydrogen) atoms. The first-order chi connectivity index (χ1) is 16.4. The van der Waals surface area contributed by atoms with Gasteiger partial charge in [-0.2, -0.15) is 0 Å². The molecule has 0 saturated heterocycles. The normalized spacial score (nSPS) is 11.6. The third kappa shape index (κ3) is 7.23. The van der Waals surface area contributed by atoms with Crippen LogP contribution in [0.1, 0.15) is 30.0 Å². The van der Waals surface area contributed by atoms with Crippen LogP contribution in [-0.2, 0) is 29.0 Å². The van der Waals surface area contributed by atoms with E-state index in [0.29, 0.717) is 28.0 Å². The van der Waals surface area contributed by atoms with Gasteiger partial charge in [0.2, 0.25) is 11.8 Å². The first-order valence-corrected chi connectivity index (χ1v) is 12.3. The van der Waals surface area contributed by atoms with Gasteiger partial charge in [0.05, 0.1) is 16.5 Å². The summed E-state index contributed by atoms with van der Waals surface area (Å²) in [6, 6.07) is 21.4. The molecule has 0 heterocycles. The number of amides is 2. The minimum absolute atomic E-state index is 0.0771. The van der Waals surface area contributed by atoms with Crippen LogP contribution in [0.25, 0.3) is 0 Å². The van der Waals surface area contributed by atoms with Crippen LogP contribution < -0.4 is 5.32 Å². The van der Waals surface area contributed by atoms with Crippen molar-refractivity contribution in [2.45, 2.75) is 38.8 Å². The molecule has 0 aliphatic carbocycles. The molecular formula is C27H27Cl3N2O2. The molecule has 1 N–H and O–H groups in total. The summed E-state index contributed by atoms with van der Waals surface area (Å²) >= 11 is 18.6. The summed E-state index contributed by atoms with van der Waals surface area (Å²) in [5, 5.41) is 4.31. The predicted octanol–water partition coefficient (Wildman–Crippen LogP) is 6.36. The number of carbonyl (C=O) groups excluding carboxylic acids is 2. The summed E-state index contributed by atoms with van der Waals surface area (Å²) in [4.78, 5) is 28.6. The van der Waals surface area contributed by atoms with Crippen LogP contribution in [0, 0.1) is 0 Å². The average molecular weight is 518 g/mol. The van der Waals surface area contributed by atoms with Gasteiger partial charge in [0.1, 0.15) is 6.04 Å². The topological polar surface area (TPSA) is 49.4 Å². The summed E-state index contributed by atoms with van der Waals surface area (Å²) in [6.07, 6.45) is 1.26. The Morgan fingerprint density at radius 2 is 1.56 bits per heavy atom. The molecule has 2 amide bonds. The number of benzene rings is 3. The number of rotatable bonds is 10. The maximum absolute atomic E-state index is 13.7. The zero-order valence-electron chi connectivity index (χ0n) is 18.9. The van der Waals surface area contributed by atoms with Crippen molar-refractivity contribution in [1.29, 1.82) is 0 Å². The average Bonchev–Trinajstić information content (AvgIpc) is 2.83. The van der Waals surface area contributed by atoms with E-state index in [1.54, 1.807) is 29.2 Å². The summed E-state index contributed by atoms with van der Waals surface area (Å²) in [7, 11) is 0. The Kier molecular flexibility index (Phi) is 9.82. The van der Waals surface area contributed by atoms with Gasteiger partial charge in [0.25, 0.3) is 0 Å². The van der Waals surface area contributed by atoms with E-state index in [4.69, 9.17) is 34.8 Å². The Hall–Kier alpha value is -2.53. The summed E-state index contributed by atoms with van der Waals surface area (Å²) < 4.78 is 0. The Morgan fingerprint density at radius 1 is 0.853 bits per heavy atom. The van der Waals surface area contributed by atoms with Crippen LogP contribution in [0.5, 0.6) is 0 Å². The standard InChI is InChI=1S/C27H27Cl3N2O2/c1-2-14-31-27(34)25(16-19-8-4-3-5-9-19)32(18-21-10-6-7-11-22(21)28)26(33)17-20-12-13-23(29)24(30)15-20/h3-13,15,25H,2,14,16-18H2,1H3,(H,31,34). The molecule has 0 radical (unpaired) electrons. The van der Waals surface area contributed by atoms with E-state index in [2.05, 4.69) is 5.32 Å². The molecule has 0 spiro atoms. The van der Waals surface area contributed by atoms with Gasteiger partial charge in [-0.1, -0.05) is 96.3 Å². The second-order valence-electron chi connectivity index (χ2n) is 8.03. The van der Waals surface area contributed by atoms with E-state index >= 15 is 0 Å². The highest BCUT2D eigenvalue weighted by Gasteiger charge is 2.30. The van der Waals surface area contributed by atoms with Gasteiger partial charge in [-0.25, -0.2) is 0 Å². The molecule has 3 aromatic rings. The highest BCUT2D eigenvalue weighted by Crippen LogP contribution is 2.25. The number of hydrogen-bond acceptors (Lipinski definition) is 2. The molecule has 0 aliphatic rings. The molecule has 0 bridgehead atoms. The van der Waals surface area contributed by atoms with Gasteiger partial charge in [-0.3, -0.25) is 9.59 Å². The van der Waals surface area contributed by atoms with Crippen molar-refractivity contribution in [2.24, 2.45) is 0 Å². The van der Waals surface area contributed by atoms with Crippen molar-refractivity contribution in [2.75, 3.05) is 6.54 Å². The van der Waals surface area contributed by atoms with Gasteiger partial charge < -0.3 is 10.2 Å². The van der Waals surface area contributed by atoms with Crippen molar-refractivity contribution in [3.8, 4) is 0 Å². The third-order valence-corrected chi connectivity index (χ3v) is 6.57. The molecule has 0 aromatic heterocycles. The highest BCUT2D eigenvalue weighted by atomic mass is 35.5. The molecule has 7 heteroatoms. The molecule has 1 atom stereocenters. The Balaban J connectivity index is 1.97. The van der Waals surface area contributed by atoms with E-state index in [9.17, 15) is 9.59 Å². The lowest BCUT2D eigenvalue weighted by Gasteiger charge is -2.32. The van der Waals surface area contributed by atoms with Gasteiger partial charge in [0.15, 0.2) is 0 Å². The molecular weight excluding hydrogens is 491 g/mol. The maximum atomic E-state index is 13.7. The zero-order valence-corrected chi connectivity index (χ0v) is 21.2. The van der Waals surface area contributed by atoms with Crippen molar-refractivity contribution >= 4 is 46.6 Å². The predicted molar refractivity (Wildman–Crippen MR) is 139 cm³/mol. The largest absolute Gasteiger partial charge is 0.354 e. The molecule has 3 aromatic carbocycles. The second-order valence-corrected chi connectivity index (χ2v) is 9.26. The lowest BCUT2D eigenvalue weighted by Crippen LogP contribution is -2.51. The first-order valence-electron chi connectivity index (χ1n) is 11.2. The highest BCUT2D eigenvalue weighted by molar-refractivity contribution is 6.42. The van der Waals surface area contributed by atoms with E-state index in [-0.39, 0.29) is 24.8 Å². The van der Waals surface area contributed by atoms with Crippen LogP contribution in [0.2, 0.25) is 15.1 Å². The molecule has 3 rings (SSSR count). The Bertz CT molecular complexity index is 1120. The minimum Gasteiger partial charge on any atom is -0.354 e. The van der Waals surface area contributed by atoms with Crippen LogP contribution >= 0.6 is 34.8 Å². The number of nitrogens with zero attached hydrogens (tertiary/aromatic N) is 1. The Morgan fingerprint density at radius 3 is 2.24 bits per heavy atom. The fourth-order valence-electron chi connectivity index (χ4n) is 3.66. The molecule has 0 fully saturated rings. The van der Waals surface area contributed by atoms with E-state index in [1.807, 2.05) is 55.5 Å². The SMILES string of the molecule is CCCNC(=O)C(Cc1ccccc1)N(Cc1ccccc1Cl)C(=O)Cc1ccc(Cl)c(Cl)c1. The summed E-state index contributed by atoms with van der Waals surface area (Å²) in [5.74, 6) is -0.397. The molecule has 178 valence electrons. The maximum Gasteiger partial charge on any atom is 0.243 e. The van der Waals surface area contributed by atoms with Crippen molar-refractivity contribution < 1.29 is 9.59 Å². The molecule has 0 aliphatic heterocycles. The second kappa shape index (κ2) is 12.8.